The number of aromatic amines is 1. The predicted molar refractivity (Wildman–Crippen MR) is 81.0 cm³/mol. The van der Waals surface area contributed by atoms with Crippen molar-refractivity contribution in [3.05, 3.63) is 29.6 Å². The summed E-state index contributed by atoms with van der Waals surface area (Å²) in [6.07, 6.45) is -10.2. The third kappa shape index (κ3) is 8.89. The van der Waals surface area contributed by atoms with Gasteiger partial charge in [0.25, 0.3) is 0 Å². The van der Waals surface area contributed by atoms with E-state index in [4.69, 9.17) is 19.8 Å². The average Bonchev–Trinajstić information content (AvgIpc) is 2.91. The molecule has 152 valence electrons. The molecule has 2 aromatic rings. The molecule has 0 spiro atoms. The normalized spacial score (nSPS) is 11.1. The number of aryl methyl sites for hydroxylation is 1. The fourth-order valence-corrected chi connectivity index (χ4v) is 1.48. The van der Waals surface area contributed by atoms with E-state index in [1.54, 1.807) is 0 Å². The maximum atomic E-state index is 10.6. The van der Waals surface area contributed by atoms with Crippen LogP contribution >= 0.6 is 0 Å². The lowest BCUT2D eigenvalue weighted by Gasteiger charge is -1.93. The summed E-state index contributed by atoms with van der Waals surface area (Å²) in [4.78, 5) is 25.5. The van der Waals surface area contributed by atoms with Crippen LogP contribution in [0.5, 0.6) is 0 Å². The number of aromatic nitrogens is 2. The van der Waals surface area contributed by atoms with Crippen molar-refractivity contribution in [1.82, 2.24) is 15.3 Å². The summed E-state index contributed by atoms with van der Waals surface area (Å²) in [5.41, 5.74) is 3.41. The molecule has 0 aliphatic heterocycles. The minimum Gasteiger partial charge on any atom is -0.475 e. The Morgan fingerprint density at radius 2 is 1.52 bits per heavy atom. The lowest BCUT2D eigenvalue weighted by Crippen LogP contribution is -2.21. The number of H-pyrrole nitrogens is 1. The van der Waals surface area contributed by atoms with E-state index in [-0.39, 0.29) is 0 Å². The summed E-state index contributed by atoms with van der Waals surface area (Å²) in [6.45, 7) is 2.86. The van der Waals surface area contributed by atoms with Gasteiger partial charge in [-0.15, -0.1) is 0 Å². The fraction of sp³-hybridized carbons (Fsp3) is 0.357. The maximum absolute atomic E-state index is 10.6. The van der Waals surface area contributed by atoms with Gasteiger partial charge >= 0.3 is 24.3 Å². The summed E-state index contributed by atoms with van der Waals surface area (Å²) in [7, 11) is 1.92. The van der Waals surface area contributed by atoms with Crippen molar-refractivity contribution < 1.29 is 46.1 Å². The molecule has 1 aromatic heterocycles. The molecule has 7 nitrogen and oxygen atoms in total. The quantitative estimate of drug-likeness (QED) is 0.574. The van der Waals surface area contributed by atoms with Crippen LogP contribution in [-0.4, -0.2) is 51.5 Å². The van der Waals surface area contributed by atoms with Crippen LogP contribution in [0.3, 0.4) is 0 Å². The summed E-state index contributed by atoms with van der Waals surface area (Å²) >= 11 is 0. The van der Waals surface area contributed by atoms with Crippen molar-refractivity contribution in [2.75, 3.05) is 7.05 Å². The summed E-state index contributed by atoms with van der Waals surface area (Å²) in [5.74, 6) is -4.52. The number of hydrogen-bond donors (Lipinski definition) is 4. The van der Waals surface area contributed by atoms with E-state index in [0.29, 0.717) is 0 Å². The van der Waals surface area contributed by atoms with Crippen LogP contribution in [0.15, 0.2) is 18.2 Å². The first-order valence-electron chi connectivity index (χ1n) is 6.89. The van der Waals surface area contributed by atoms with Crippen LogP contribution in [0.1, 0.15) is 11.4 Å². The third-order valence-electron chi connectivity index (χ3n) is 2.59. The van der Waals surface area contributed by atoms with E-state index >= 15 is 0 Å². The molecule has 0 saturated heterocycles. The highest BCUT2D eigenvalue weighted by molar-refractivity contribution is 5.78. The highest BCUT2D eigenvalue weighted by Gasteiger charge is 2.38. The second-order valence-electron chi connectivity index (χ2n) is 4.79. The zero-order valence-electron chi connectivity index (χ0n) is 13.9. The van der Waals surface area contributed by atoms with E-state index in [9.17, 15) is 26.3 Å². The second kappa shape index (κ2) is 9.75. The Kier molecular flexibility index (Phi) is 8.73. The molecule has 27 heavy (non-hydrogen) atoms. The molecule has 0 atom stereocenters. The van der Waals surface area contributed by atoms with E-state index in [2.05, 4.69) is 34.3 Å². The minimum atomic E-state index is -5.08. The van der Waals surface area contributed by atoms with E-state index in [1.165, 1.54) is 5.56 Å². The van der Waals surface area contributed by atoms with Crippen molar-refractivity contribution in [2.45, 2.75) is 25.8 Å². The summed E-state index contributed by atoms with van der Waals surface area (Å²) in [6, 6.07) is 6.17. The van der Waals surface area contributed by atoms with Gasteiger partial charge in [0.1, 0.15) is 5.82 Å². The van der Waals surface area contributed by atoms with Crippen LogP contribution in [0, 0.1) is 6.92 Å². The van der Waals surface area contributed by atoms with E-state index in [0.717, 1.165) is 23.4 Å². The second-order valence-corrected chi connectivity index (χ2v) is 4.79. The van der Waals surface area contributed by atoms with Gasteiger partial charge < -0.3 is 20.5 Å². The van der Waals surface area contributed by atoms with Gasteiger partial charge in [-0.1, -0.05) is 12.1 Å². The smallest absolute Gasteiger partial charge is 0.475 e. The van der Waals surface area contributed by atoms with Gasteiger partial charge in [0.15, 0.2) is 0 Å². The Hall–Kier alpha value is -2.83. The lowest BCUT2D eigenvalue weighted by atomic mass is 10.2. The Labute approximate surface area is 148 Å². The van der Waals surface area contributed by atoms with E-state index < -0.39 is 24.3 Å². The van der Waals surface area contributed by atoms with Crippen LogP contribution in [0.2, 0.25) is 0 Å². The summed E-state index contributed by atoms with van der Waals surface area (Å²) < 4.78 is 63.5. The van der Waals surface area contributed by atoms with Crippen molar-refractivity contribution >= 4 is 23.0 Å². The zero-order valence-corrected chi connectivity index (χ0v) is 13.9. The van der Waals surface area contributed by atoms with Crippen LogP contribution in [0.25, 0.3) is 11.0 Å². The topological polar surface area (TPSA) is 115 Å². The number of fused-ring (bicyclic) bond motifs is 1. The first kappa shape index (κ1) is 24.2. The van der Waals surface area contributed by atoms with Crippen LogP contribution in [0.4, 0.5) is 26.3 Å². The Morgan fingerprint density at radius 1 is 1.07 bits per heavy atom. The molecule has 13 heteroatoms. The molecule has 0 unspecified atom stereocenters. The molecule has 2 rings (SSSR count). The number of para-hydroxylation sites is 1. The van der Waals surface area contributed by atoms with Gasteiger partial charge in [0.05, 0.1) is 17.6 Å². The highest BCUT2D eigenvalue weighted by Crippen LogP contribution is 2.15. The molecule has 0 aliphatic carbocycles. The highest BCUT2D eigenvalue weighted by atomic mass is 19.4. The number of benzene rings is 1. The molecular formula is C14H15F6N3O4. The molecule has 0 amide bonds. The molecule has 4 N–H and O–H groups in total. The number of rotatable bonds is 2. The largest absolute Gasteiger partial charge is 0.490 e. The molecule has 1 heterocycles. The lowest BCUT2D eigenvalue weighted by molar-refractivity contribution is -0.193. The van der Waals surface area contributed by atoms with Gasteiger partial charge in [-0.3, -0.25) is 0 Å². The van der Waals surface area contributed by atoms with Crippen molar-refractivity contribution in [3.63, 3.8) is 0 Å². The van der Waals surface area contributed by atoms with Crippen LogP contribution in [-0.2, 0) is 16.1 Å². The Bertz CT molecular complexity index is 746. The van der Waals surface area contributed by atoms with Gasteiger partial charge in [0.2, 0.25) is 0 Å². The van der Waals surface area contributed by atoms with Crippen LogP contribution < -0.4 is 5.32 Å². The number of hydrogen-bond acceptors (Lipinski definition) is 4. The molecule has 1 aromatic carbocycles. The Morgan fingerprint density at radius 3 is 1.85 bits per heavy atom. The fourth-order valence-electron chi connectivity index (χ4n) is 1.48. The van der Waals surface area contributed by atoms with Crippen molar-refractivity contribution in [3.8, 4) is 0 Å². The standard InChI is InChI=1S/C10H13N3.2C2HF3O2/c1-7-4-3-5-8-10(7)13-9(12-8)6-11-2;2*3-2(4,5)1(6)7/h3-5,11H,6H2,1-2H3,(H,12,13);2*(H,6,7). The SMILES string of the molecule is CNCc1nc2c(C)cccc2[nH]1.O=C(O)C(F)(F)F.O=C(O)C(F)(F)F. The van der Waals surface area contributed by atoms with Gasteiger partial charge in [-0.2, -0.15) is 26.3 Å². The average molecular weight is 403 g/mol. The number of nitrogens with zero attached hydrogens (tertiary/aromatic N) is 1. The number of alkyl halides is 6. The number of carboxylic acid groups (broad SMARTS) is 2. The van der Waals surface area contributed by atoms with Gasteiger partial charge in [-0.05, 0) is 25.6 Å². The van der Waals surface area contributed by atoms with Gasteiger partial charge in [0, 0.05) is 0 Å². The minimum absolute atomic E-state index is 0.786. The number of carbonyl (C=O) groups is 2. The third-order valence-corrected chi connectivity index (χ3v) is 2.59. The van der Waals surface area contributed by atoms with Crippen molar-refractivity contribution in [2.24, 2.45) is 0 Å². The molecular weight excluding hydrogens is 388 g/mol. The first-order valence-corrected chi connectivity index (χ1v) is 6.89. The molecule has 0 bridgehead atoms. The number of imidazole rings is 1. The number of aliphatic carboxylic acids is 2. The first-order chi connectivity index (χ1) is 12.2. The molecule has 0 saturated carbocycles. The molecule has 0 aliphatic rings. The van der Waals surface area contributed by atoms with Crippen molar-refractivity contribution in [1.29, 1.82) is 0 Å². The maximum Gasteiger partial charge on any atom is 0.490 e. The Balaban J connectivity index is 0.000000416. The zero-order chi connectivity index (χ0) is 21.4. The molecule has 0 fully saturated rings. The monoisotopic (exact) mass is 403 g/mol. The number of halogens is 6. The van der Waals surface area contributed by atoms with Gasteiger partial charge in [-0.25, -0.2) is 14.6 Å². The van der Waals surface area contributed by atoms with E-state index in [1.807, 2.05) is 13.1 Å². The number of carboxylic acids is 2. The molecule has 0 radical (unpaired) electrons. The summed E-state index contributed by atoms with van der Waals surface area (Å²) in [5, 5.41) is 17.3. The number of nitrogens with one attached hydrogen (secondary N) is 2. The predicted octanol–water partition coefficient (Wildman–Crippen LogP) is 2.86.